The molecule has 4 nitrogen and oxygen atoms in total. The summed E-state index contributed by atoms with van der Waals surface area (Å²) in [4.78, 5) is 16.8. The molecule has 1 fully saturated rings. The predicted molar refractivity (Wildman–Crippen MR) is 103 cm³/mol. The molecule has 4 heteroatoms. The molecule has 0 unspecified atom stereocenters. The number of carbonyl (C=O) groups excluding carboxylic acids is 1. The molecule has 1 aliphatic rings. The lowest BCUT2D eigenvalue weighted by Gasteiger charge is -2.15. The zero-order valence-electron chi connectivity index (χ0n) is 15.2. The van der Waals surface area contributed by atoms with Crippen LogP contribution in [0.15, 0.2) is 48.5 Å². The highest BCUT2D eigenvalue weighted by atomic mass is 16.1. The number of nitrogens with one attached hydrogen (secondary N) is 1. The van der Waals surface area contributed by atoms with Crippen molar-refractivity contribution in [3.8, 4) is 0 Å². The van der Waals surface area contributed by atoms with Gasteiger partial charge in [-0.1, -0.05) is 30.3 Å². The van der Waals surface area contributed by atoms with E-state index in [1.807, 2.05) is 43.3 Å². The van der Waals surface area contributed by atoms with Crippen LogP contribution in [0.1, 0.15) is 34.3 Å². The maximum absolute atomic E-state index is 12.4. The van der Waals surface area contributed by atoms with Crippen molar-refractivity contribution in [3.05, 3.63) is 65.2 Å². The third-order valence-electron chi connectivity index (χ3n) is 4.71. The van der Waals surface area contributed by atoms with E-state index in [1.54, 1.807) is 0 Å². The fraction of sp³-hybridized carbons (Fsp3) is 0.381. The number of hydrogen-bond acceptors (Lipinski definition) is 3. The van der Waals surface area contributed by atoms with Gasteiger partial charge < -0.3 is 10.2 Å². The summed E-state index contributed by atoms with van der Waals surface area (Å²) in [5.74, 6) is -0.0372. The first kappa shape index (κ1) is 17.5. The number of likely N-dealkylation sites (tertiary alicyclic amines) is 1. The van der Waals surface area contributed by atoms with E-state index in [-0.39, 0.29) is 5.91 Å². The number of anilines is 1. The molecule has 1 N–H and O–H groups in total. The van der Waals surface area contributed by atoms with Crippen LogP contribution in [0.25, 0.3) is 0 Å². The van der Waals surface area contributed by atoms with Gasteiger partial charge in [0.2, 0.25) is 0 Å². The van der Waals surface area contributed by atoms with Gasteiger partial charge in [-0.25, -0.2) is 0 Å². The molecule has 2 aromatic rings. The van der Waals surface area contributed by atoms with Crippen molar-refractivity contribution in [3.63, 3.8) is 0 Å². The maximum atomic E-state index is 12.4. The van der Waals surface area contributed by atoms with E-state index in [9.17, 15) is 4.79 Å². The summed E-state index contributed by atoms with van der Waals surface area (Å²) in [7, 11) is 3.95. The van der Waals surface area contributed by atoms with Crippen molar-refractivity contribution in [2.45, 2.75) is 25.9 Å². The smallest absolute Gasteiger partial charge is 0.251 e. The summed E-state index contributed by atoms with van der Waals surface area (Å²) in [5, 5.41) is 3.01. The van der Waals surface area contributed by atoms with Gasteiger partial charge >= 0.3 is 0 Å². The molecule has 25 heavy (non-hydrogen) atoms. The Hall–Kier alpha value is -2.33. The largest absolute Gasteiger partial charge is 0.378 e. The minimum absolute atomic E-state index is 0.0372. The minimum Gasteiger partial charge on any atom is -0.378 e. The first-order valence-electron chi connectivity index (χ1n) is 8.97. The van der Waals surface area contributed by atoms with E-state index in [4.69, 9.17) is 0 Å². The Morgan fingerprint density at radius 3 is 2.40 bits per heavy atom. The van der Waals surface area contributed by atoms with Crippen molar-refractivity contribution < 1.29 is 4.79 Å². The summed E-state index contributed by atoms with van der Waals surface area (Å²) < 4.78 is 0. The summed E-state index contributed by atoms with van der Waals surface area (Å²) >= 11 is 0. The van der Waals surface area contributed by atoms with Crippen molar-refractivity contribution >= 4 is 11.6 Å². The predicted octanol–water partition coefficient (Wildman–Crippen LogP) is 3.28. The van der Waals surface area contributed by atoms with Gasteiger partial charge in [-0.05, 0) is 55.3 Å². The van der Waals surface area contributed by atoms with Crippen LogP contribution in [-0.4, -0.2) is 38.0 Å². The zero-order valence-corrected chi connectivity index (χ0v) is 15.2. The standard InChI is InChI=1S/C21H27N3O/c1-23(2)20-7-5-6-19(14-20)21(25)22-15-17-8-10-18(11-9-17)16-24-12-3-4-13-24/h5-11,14H,3-4,12-13,15-16H2,1-2H3,(H,22,25). The van der Waals surface area contributed by atoms with E-state index >= 15 is 0 Å². The van der Waals surface area contributed by atoms with Crippen LogP contribution >= 0.6 is 0 Å². The van der Waals surface area contributed by atoms with E-state index < -0.39 is 0 Å². The van der Waals surface area contributed by atoms with E-state index in [2.05, 4.69) is 34.5 Å². The van der Waals surface area contributed by atoms with Crippen molar-refractivity contribution in [2.75, 3.05) is 32.1 Å². The summed E-state index contributed by atoms with van der Waals surface area (Å²) in [6.45, 7) is 4.01. The highest BCUT2D eigenvalue weighted by Crippen LogP contribution is 2.15. The molecule has 0 bridgehead atoms. The molecular weight excluding hydrogens is 310 g/mol. The quantitative estimate of drug-likeness (QED) is 0.879. The Bertz CT molecular complexity index is 703. The Labute approximate surface area is 150 Å². The fourth-order valence-electron chi connectivity index (χ4n) is 3.17. The van der Waals surface area contributed by atoms with E-state index in [0.717, 1.165) is 17.8 Å². The maximum Gasteiger partial charge on any atom is 0.251 e. The average molecular weight is 337 g/mol. The SMILES string of the molecule is CN(C)c1cccc(C(=O)NCc2ccc(CN3CCCC3)cc2)c1. The molecule has 0 atom stereocenters. The van der Waals surface area contributed by atoms with Gasteiger partial charge in [0, 0.05) is 38.4 Å². The Balaban J connectivity index is 1.54. The van der Waals surface area contributed by atoms with Gasteiger partial charge in [0.1, 0.15) is 0 Å². The van der Waals surface area contributed by atoms with Gasteiger partial charge in [0.05, 0.1) is 0 Å². The Kier molecular flexibility index (Phi) is 5.71. The van der Waals surface area contributed by atoms with Crippen LogP contribution in [0.5, 0.6) is 0 Å². The van der Waals surface area contributed by atoms with Crippen LogP contribution in [0.2, 0.25) is 0 Å². The topological polar surface area (TPSA) is 35.6 Å². The minimum atomic E-state index is -0.0372. The second kappa shape index (κ2) is 8.17. The normalized spacial score (nSPS) is 14.5. The number of hydrogen-bond donors (Lipinski definition) is 1. The van der Waals surface area contributed by atoms with Crippen LogP contribution < -0.4 is 10.2 Å². The summed E-state index contributed by atoms with van der Waals surface area (Å²) in [6.07, 6.45) is 2.64. The molecule has 0 spiro atoms. The average Bonchev–Trinajstić information content (AvgIpc) is 3.14. The molecule has 3 rings (SSSR count). The number of carbonyl (C=O) groups is 1. The van der Waals surface area contributed by atoms with Gasteiger partial charge in [0.15, 0.2) is 0 Å². The van der Waals surface area contributed by atoms with Crippen LogP contribution in [0, 0.1) is 0 Å². The number of rotatable bonds is 6. The molecule has 1 aliphatic heterocycles. The van der Waals surface area contributed by atoms with Crippen LogP contribution in [0.3, 0.4) is 0 Å². The van der Waals surface area contributed by atoms with Gasteiger partial charge in [0.25, 0.3) is 5.91 Å². The van der Waals surface area contributed by atoms with Crippen LogP contribution in [-0.2, 0) is 13.1 Å². The zero-order chi connectivity index (χ0) is 17.6. The fourth-order valence-corrected chi connectivity index (χ4v) is 3.17. The van der Waals surface area contributed by atoms with E-state index in [0.29, 0.717) is 12.1 Å². The van der Waals surface area contributed by atoms with E-state index in [1.165, 1.54) is 31.5 Å². The second-order valence-electron chi connectivity index (χ2n) is 6.93. The molecule has 1 saturated heterocycles. The third kappa shape index (κ3) is 4.83. The Morgan fingerprint density at radius 2 is 1.72 bits per heavy atom. The number of nitrogens with zero attached hydrogens (tertiary/aromatic N) is 2. The molecule has 0 aromatic heterocycles. The van der Waals surface area contributed by atoms with Gasteiger partial charge in [-0.15, -0.1) is 0 Å². The van der Waals surface area contributed by atoms with Gasteiger partial charge in [-0.3, -0.25) is 9.69 Å². The highest BCUT2D eigenvalue weighted by Gasteiger charge is 2.11. The lowest BCUT2D eigenvalue weighted by molar-refractivity contribution is 0.0951. The van der Waals surface area contributed by atoms with Crippen molar-refractivity contribution in [1.82, 2.24) is 10.2 Å². The second-order valence-corrected chi connectivity index (χ2v) is 6.93. The summed E-state index contributed by atoms with van der Waals surface area (Å²) in [6, 6.07) is 16.2. The Morgan fingerprint density at radius 1 is 1.04 bits per heavy atom. The lowest BCUT2D eigenvalue weighted by Crippen LogP contribution is -2.23. The van der Waals surface area contributed by atoms with Gasteiger partial charge in [-0.2, -0.15) is 0 Å². The molecule has 0 radical (unpaired) electrons. The molecule has 2 aromatic carbocycles. The first-order chi connectivity index (χ1) is 12.1. The molecular formula is C21H27N3O. The monoisotopic (exact) mass is 337 g/mol. The number of amides is 1. The molecule has 0 saturated carbocycles. The lowest BCUT2D eigenvalue weighted by atomic mass is 10.1. The molecule has 1 amide bonds. The molecule has 1 heterocycles. The first-order valence-corrected chi connectivity index (χ1v) is 8.97. The third-order valence-corrected chi connectivity index (χ3v) is 4.71. The van der Waals surface area contributed by atoms with Crippen LogP contribution in [0.4, 0.5) is 5.69 Å². The molecule has 132 valence electrons. The van der Waals surface area contributed by atoms with Crippen molar-refractivity contribution in [1.29, 1.82) is 0 Å². The number of benzene rings is 2. The summed E-state index contributed by atoms with van der Waals surface area (Å²) in [5.41, 5.74) is 4.19. The van der Waals surface area contributed by atoms with Crippen molar-refractivity contribution in [2.24, 2.45) is 0 Å². The molecule has 0 aliphatic carbocycles. The highest BCUT2D eigenvalue weighted by molar-refractivity contribution is 5.95.